The highest BCUT2D eigenvalue weighted by molar-refractivity contribution is 7.89. The van der Waals surface area contributed by atoms with Crippen molar-refractivity contribution in [2.24, 2.45) is 5.92 Å². The van der Waals surface area contributed by atoms with Crippen LogP contribution in [0.4, 0.5) is 8.78 Å². The monoisotopic (exact) mass is 337 g/mol. The van der Waals surface area contributed by atoms with E-state index in [-0.39, 0.29) is 0 Å². The average molecular weight is 337 g/mol. The Kier molecular flexibility index (Phi) is 6.24. The van der Waals surface area contributed by atoms with Gasteiger partial charge in [-0.3, -0.25) is 4.79 Å². The van der Waals surface area contributed by atoms with Crippen LogP contribution in [-0.4, -0.2) is 34.2 Å². The summed E-state index contributed by atoms with van der Waals surface area (Å²) in [6, 6.07) is 3.78. The molecule has 0 radical (unpaired) electrons. The molecule has 1 N–H and O–H groups in total. The Bertz CT molecular complexity index is 619. The first-order valence-corrected chi connectivity index (χ1v) is 7.81. The number of nitrogens with one attached hydrogen (secondary N) is 1. The Morgan fingerprint density at radius 3 is 2.32 bits per heavy atom. The molecule has 1 aromatic rings. The van der Waals surface area contributed by atoms with Crippen LogP contribution < -0.4 is 9.46 Å². The number of benzene rings is 1. The van der Waals surface area contributed by atoms with Crippen molar-refractivity contribution < 1.29 is 31.5 Å². The third-order valence-corrected chi connectivity index (χ3v) is 4.24. The summed E-state index contributed by atoms with van der Waals surface area (Å²) in [5.41, 5.74) is 0. The number of methoxy groups -OCH3 is 1. The van der Waals surface area contributed by atoms with Crippen LogP contribution >= 0.6 is 0 Å². The minimum absolute atomic E-state index is 0.398. The number of hydrogen-bond donors (Lipinski definition) is 1. The highest BCUT2D eigenvalue weighted by Crippen LogP contribution is 2.25. The molecular formula is C13H17F2NO5S. The molecule has 1 rings (SSSR count). The van der Waals surface area contributed by atoms with Crippen molar-refractivity contribution in [3.8, 4) is 5.75 Å². The van der Waals surface area contributed by atoms with E-state index in [9.17, 15) is 22.0 Å². The molecule has 124 valence electrons. The molecule has 0 unspecified atom stereocenters. The standard InChI is InChI=1S/C13H17F2NO5S/c1-8(2)11(12(17)20-3)16-22(18,19)10-7-5-4-6-9(10)21-13(14)15/h4-8,11,13,16H,1-3H3/t11-/m0/s1. The van der Waals surface area contributed by atoms with Gasteiger partial charge in [0.25, 0.3) is 0 Å². The first kappa shape index (κ1) is 18.3. The summed E-state index contributed by atoms with van der Waals surface area (Å²) in [4.78, 5) is 11.1. The Morgan fingerprint density at radius 2 is 1.82 bits per heavy atom. The Morgan fingerprint density at radius 1 is 1.23 bits per heavy atom. The summed E-state index contributed by atoms with van der Waals surface area (Å²) >= 11 is 0. The fourth-order valence-corrected chi connectivity index (χ4v) is 3.15. The third kappa shape index (κ3) is 4.63. The number of alkyl halides is 2. The van der Waals surface area contributed by atoms with Crippen molar-refractivity contribution in [2.45, 2.75) is 31.4 Å². The smallest absolute Gasteiger partial charge is 0.387 e. The zero-order valence-electron chi connectivity index (χ0n) is 12.2. The van der Waals surface area contributed by atoms with Gasteiger partial charge in [-0.25, -0.2) is 8.42 Å². The van der Waals surface area contributed by atoms with Crippen LogP contribution in [0, 0.1) is 5.92 Å². The molecular weight excluding hydrogens is 320 g/mol. The number of sulfonamides is 1. The minimum atomic E-state index is -4.25. The molecule has 0 saturated heterocycles. The maximum Gasteiger partial charge on any atom is 0.387 e. The summed E-state index contributed by atoms with van der Waals surface area (Å²) in [6.45, 7) is 0.0648. The van der Waals surface area contributed by atoms with E-state index in [4.69, 9.17) is 0 Å². The summed E-state index contributed by atoms with van der Waals surface area (Å²) < 4.78 is 60.2. The van der Waals surface area contributed by atoms with E-state index in [1.54, 1.807) is 13.8 Å². The third-order valence-electron chi connectivity index (χ3n) is 2.76. The second-order valence-electron chi connectivity index (χ2n) is 4.69. The van der Waals surface area contributed by atoms with Crippen molar-refractivity contribution in [2.75, 3.05) is 7.11 Å². The number of hydrogen-bond acceptors (Lipinski definition) is 5. The lowest BCUT2D eigenvalue weighted by Crippen LogP contribution is -2.45. The number of esters is 1. The summed E-state index contributed by atoms with van der Waals surface area (Å²) in [6.07, 6.45) is 0. The molecule has 0 fully saturated rings. The molecule has 0 aliphatic heterocycles. The molecule has 0 amide bonds. The Labute approximate surface area is 127 Å². The highest BCUT2D eigenvalue weighted by atomic mass is 32.2. The fourth-order valence-electron chi connectivity index (χ4n) is 1.68. The predicted octanol–water partition coefficient (Wildman–Crippen LogP) is 1.76. The quantitative estimate of drug-likeness (QED) is 0.767. The lowest BCUT2D eigenvalue weighted by Gasteiger charge is -2.20. The largest absolute Gasteiger partial charge is 0.468 e. The van der Waals surface area contributed by atoms with Gasteiger partial charge in [-0.1, -0.05) is 26.0 Å². The van der Waals surface area contributed by atoms with Crippen LogP contribution in [0.2, 0.25) is 0 Å². The van der Waals surface area contributed by atoms with Gasteiger partial charge in [0.2, 0.25) is 10.0 Å². The zero-order chi connectivity index (χ0) is 16.9. The molecule has 0 aromatic heterocycles. The van der Waals surface area contributed by atoms with Gasteiger partial charge >= 0.3 is 12.6 Å². The van der Waals surface area contributed by atoms with E-state index < -0.39 is 45.2 Å². The summed E-state index contributed by atoms with van der Waals surface area (Å²) in [5, 5.41) is 0. The van der Waals surface area contributed by atoms with Crippen molar-refractivity contribution in [1.82, 2.24) is 4.72 Å². The van der Waals surface area contributed by atoms with Crippen LogP contribution in [0.15, 0.2) is 29.2 Å². The topological polar surface area (TPSA) is 81.7 Å². The van der Waals surface area contributed by atoms with E-state index in [0.29, 0.717) is 0 Å². The molecule has 0 aliphatic carbocycles. The molecule has 1 atom stereocenters. The Hall–Kier alpha value is -1.74. The number of ether oxygens (including phenoxy) is 2. The highest BCUT2D eigenvalue weighted by Gasteiger charge is 2.31. The lowest BCUT2D eigenvalue weighted by atomic mass is 10.1. The molecule has 0 spiro atoms. The van der Waals surface area contributed by atoms with E-state index in [2.05, 4.69) is 14.2 Å². The summed E-state index contributed by atoms with van der Waals surface area (Å²) in [5.74, 6) is -1.67. The first-order chi connectivity index (χ1) is 10.2. The van der Waals surface area contributed by atoms with Gasteiger partial charge in [-0.15, -0.1) is 0 Å². The molecule has 0 heterocycles. The van der Waals surface area contributed by atoms with Gasteiger partial charge in [0.05, 0.1) is 7.11 Å². The maximum absolute atomic E-state index is 12.4. The van der Waals surface area contributed by atoms with Crippen molar-refractivity contribution >= 4 is 16.0 Å². The van der Waals surface area contributed by atoms with Crippen LogP contribution in [0.1, 0.15) is 13.8 Å². The van der Waals surface area contributed by atoms with E-state index in [1.807, 2.05) is 0 Å². The van der Waals surface area contributed by atoms with E-state index in [1.165, 1.54) is 12.1 Å². The van der Waals surface area contributed by atoms with Crippen LogP contribution in [-0.2, 0) is 19.6 Å². The van der Waals surface area contributed by atoms with Gasteiger partial charge < -0.3 is 9.47 Å². The molecule has 9 heteroatoms. The molecule has 6 nitrogen and oxygen atoms in total. The van der Waals surface area contributed by atoms with Crippen molar-refractivity contribution in [1.29, 1.82) is 0 Å². The number of carbonyl (C=O) groups excluding carboxylic acids is 1. The lowest BCUT2D eigenvalue weighted by molar-refractivity contribution is -0.143. The Balaban J connectivity index is 3.16. The van der Waals surface area contributed by atoms with Gasteiger partial charge in [0, 0.05) is 0 Å². The minimum Gasteiger partial charge on any atom is -0.468 e. The predicted molar refractivity (Wildman–Crippen MR) is 74.0 cm³/mol. The van der Waals surface area contributed by atoms with E-state index in [0.717, 1.165) is 19.2 Å². The van der Waals surface area contributed by atoms with Crippen LogP contribution in [0.25, 0.3) is 0 Å². The van der Waals surface area contributed by atoms with Gasteiger partial charge in [-0.05, 0) is 18.1 Å². The molecule has 0 aliphatic rings. The SMILES string of the molecule is COC(=O)[C@@H](NS(=O)(=O)c1ccccc1OC(F)F)C(C)C. The number of para-hydroxylation sites is 1. The van der Waals surface area contributed by atoms with Gasteiger partial charge in [0.1, 0.15) is 16.7 Å². The normalized spacial score (nSPS) is 13.2. The van der Waals surface area contributed by atoms with Crippen molar-refractivity contribution in [3.63, 3.8) is 0 Å². The molecule has 1 aromatic carbocycles. The number of rotatable bonds is 7. The fraction of sp³-hybridized carbons (Fsp3) is 0.462. The molecule has 0 saturated carbocycles. The van der Waals surface area contributed by atoms with Crippen LogP contribution in [0.5, 0.6) is 5.75 Å². The van der Waals surface area contributed by atoms with Gasteiger partial charge in [0.15, 0.2) is 0 Å². The maximum atomic E-state index is 12.4. The number of halogens is 2. The second kappa shape index (κ2) is 7.50. The van der Waals surface area contributed by atoms with E-state index >= 15 is 0 Å². The number of carbonyl (C=O) groups is 1. The van der Waals surface area contributed by atoms with Crippen molar-refractivity contribution in [3.05, 3.63) is 24.3 Å². The van der Waals surface area contributed by atoms with Crippen LogP contribution in [0.3, 0.4) is 0 Å². The molecule has 22 heavy (non-hydrogen) atoms. The zero-order valence-corrected chi connectivity index (χ0v) is 13.1. The average Bonchev–Trinajstić information content (AvgIpc) is 2.43. The summed E-state index contributed by atoms with van der Waals surface area (Å²) in [7, 11) is -3.12. The second-order valence-corrected chi connectivity index (χ2v) is 6.37. The van der Waals surface area contributed by atoms with Gasteiger partial charge in [-0.2, -0.15) is 13.5 Å². The molecule has 0 bridgehead atoms. The first-order valence-electron chi connectivity index (χ1n) is 6.33.